The van der Waals surface area contributed by atoms with Gasteiger partial charge in [-0.05, 0) is 37.6 Å². The van der Waals surface area contributed by atoms with Crippen molar-refractivity contribution in [2.24, 2.45) is 0 Å². The highest BCUT2D eigenvalue weighted by atomic mass is 16.3. The average molecular weight is 212 g/mol. The van der Waals surface area contributed by atoms with Crippen molar-refractivity contribution >= 4 is 11.0 Å². The van der Waals surface area contributed by atoms with Gasteiger partial charge < -0.3 is 9.40 Å². The van der Waals surface area contributed by atoms with Crippen molar-refractivity contribution < 1.29 is 4.42 Å². The molecule has 0 saturated heterocycles. The number of aromatic nitrogens is 2. The van der Waals surface area contributed by atoms with Crippen molar-refractivity contribution in [1.82, 2.24) is 9.97 Å². The number of benzene rings is 1. The first kappa shape index (κ1) is 9.21. The number of nitrogens with zero attached hydrogens (tertiary/aromatic N) is 1. The summed E-state index contributed by atoms with van der Waals surface area (Å²) in [5, 5.41) is 0. The Bertz CT molecular complexity index is 649. The molecule has 0 aliphatic heterocycles. The van der Waals surface area contributed by atoms with Crippen LogP contribution in [0.15, 0.2) is 34.9 Å². The molecule has 2 heterocycles. The lowest BCUT2D eigenvalue weighted by atomic mass is 10.2. The van der Waals surface area contributed by atoms with E-state index < -0.39 is 0 Å². The van der Waals surface area contributed by atoms with Crippen LogP contribution < -0.4 is 0 Å². The van der Waals surface area contributed by atoms with Crippen molar-refractivity contribution in [3.63, 3.8) is 0 Å². The van der Waals surface area contributed by atoms with E-state index in [-0.39, 0.29) is 0 Å². The largest absolute Gasteiger partial charge is 0.469 e. The molecule has 80 valence electrons. The van der Waals surface area contributed by atoms with Gasteiger partial charge in [-0.1, -0.05) is 6.07 Å². The Balaban J connectivity index is 2.23. The molecule has 0 aliphatic rings. The molecule has 3 nitrogen and oxygen atoms in total. The summed E-state index contributed by atoms with van der Waals surface area (Å²) in [4.78, 5) is 7.85. The molecule has 0 saturated carbocycles. The van der Waals surface area contributed by atoms with Gasteiger partial charge in [-0.15, -0.1) is 0 Å². The second-order valence-electron chi connectivity index (χ2n) is 4.00. The molecule has 0 aliphatic carbocycles. The summed E-state index contributed by atoms with van der Waals surface area (Å²) < 4.78 is 5.28. The predicted molar refractivity (Wildman–Crippen MR) is 63.3 cm³/mol. The van der Waals surface area contributed by atoms with E-state index in [4.69, 9.17) is 4.42 Å². The van der Waals surface area contributed by atoms with Crippen molar-refractivity contribution in [2.75, 3.05) is 0 Å². The highest BCUT2D eigenvalue weighted by molar-refractivity contribution is 5.80. The Labute approximate surface area is 93.1 Å². The molecule has 16 heavy (non-hydrogen) atoms. The molecule has 0 fully saturated rings. The van der Waals surface area contributed by atoms with Gasteiger partial charge in [0.05, 0.1) is 22.9 Å². The first-order chi connectivity index (χ1) is 7.74. The first-order valence-electron chi connectivity index (χ1n) is 5.25. The Kier molecular flexibility index (Phi) is 1.86. The summed E-state index contributed by atoms with van der Waals surface area (Å²) in [7, 11) is 0. The minimum Gasteiger partial charge on any atom is -0.469 e. The molecule has 3 aromatic rings. The van der Waals surface area contributed by atoms with Gasteiger partial charge in [-0.25, -0.2) is 4.98 Å². The maximum absolute atomic E-state index is 5.28. The fourth-order valence-electron chi connectivity index (χ4n) is 1.88. The number of hydrogen-bond acceptors (Lipinski definition) is 2. The van der Waals surface area contributed by atoms with Gasteiger partial charge in [0.1, 0.15) is 11.6 Å². The van der Waals surface area contributed by atoms with Gasteiger partial charge in [0.15, 0.2) is 0 Å². The molecule has 0 radical (unpaired) electrons. The van der Waals surface area contributed by atoms with Crippen LogP contribution in [0.1, 0.15) is 11.3 Å². The van der Waals surface area contributed by atoms with E-state index in [2.05, 4.69) is 29.0 Å². The molecule has 0 atom stereocenters. The molecule has 2 aromatic heterocycles. The summed E-state index contributed by atoms with van der Waals surface area (Å²) in [5.74, 6) is 1.75. The Morgan fingerprint density at radius 1 is 1.19 bits per heavy atom. The van der Waals surface area contributed by atoms with Crippen LogP contribution in [0.25, 0.3) is 22.4 Å². The van der Waals surface area contributed by atoms with Crippen LogP contribution in [0, 0.1) is 13.8 Å². The van der Waals surface area contributed by atoms with E-state index in [0.717, 1.165) is 28.2 Å². The Hall–Kier alpha value is -2.03. The van der Waals surface area contributed by atoms with Crippen LogP contribution in [-0.4, -0.2) is 9.97 Å². The summed E-state index contributed by atoms with van der Waals surface area (Å²) >= 11 is 0. The fourth-order valence-corrected chi connectivity index (χ4v) is 1.88. The first-order valence-corrected chi connectivity index (χ1v) is 5.25. The zero-order valence-electron chi connectivity index (χ0n) is 9.24. The van der Waals surface area contributed by atoms with Crippen molar-refractivity contribution in [3.05, 3.63) is 41.9 Å². The number of aryl methyl sites for hydroxylation is 2. The van der Waals surface area contributed by atoms with E-state index in [1.54, 1.807) is 6.26 Å². The van der Waals surface area contributed by atoms with Crippen LogP contribution in [0.2, 0.25) is 0 Å². The zero-order chi connectivity index (χ0) is 11.1. The number of hydrogen-bond donors (Lipinski definition) is 1. The van der Waals surface area contributed by atoms with Crippen LogP contribution in [-0.2, 0) is 0 Å². The van der Waals surface area contributed by atoms with E-state index in [9.17, 15) is 0 Å². The highest BCUT2D eigenvalue weighted by Crippen LogP contribution is 2.24. The molecular formula is C13H12N2O. The van der Waals surface area contributed by atoms with Crippen LogP contribution in [0.5, 0.6) is 0 Å². The van der Waals surface area contributed by atoms with Gasteiger partial charge in [0.2, 0.25) is 0 Å². The number of aromatic amines is 1. The molecule has 3 rings (SSSR count). The number of fused-ring (bicyclic) bond motifs is 1. The monoisotopic (exact) mass is 212 g/mol. The van der Waals surface area contributed by atoms with E-state index in [1.807, 2.05) is 19.1 Å². The van der Waals surface area contributed by atoms with E-state index >= 15 is 0 Å². The van der Waals surface area contributed by atoms with Gasteiger partial charge in [-0.2, -0.15) is 0 Å². The third-order valence-corrected chi connectivity index (χ3v) is 2.75. The smallest absolute Gasteiger partial charge is 0.142 e. The molecule has 1 N–H and O–H groups in total. The van der Waals surface area contributed by atoms with Crippen molar-refractivity contribution in [1.29, 1.82) is 0 Å². The van der Waals surface area contributed by atoms with Crippen LogP contribution in [0.4, 0.5) is 0 Å². The molecule has 0 amide bonds. The highest BCUT2D eigenvalue weighted by Gasteiger charge is 2.09. The lowest BCUT2D eigenvalue weighted by molar-refractivity contribution is 0.535. The molecular weight excluding hydrogens is 200 g/mol. The van der Waals surface area contributed by atoms with Gasteiger partial charge in [0, 0.05) is 0 Å². The van der Waals surface area contributed by atoms with Crippen LogP contribution in [0.3, 0.4) is 0 Å². The number of furan rings is 1. The third kappa shape index (κ3) is 1.33. The SMILES string of the molecule is Cc1ccc2nc(-c3ccoc3C)[nH]c2c1. The second-order valence-corrected chi connectivity index (χ2v) is 4.00. The topological polar surface area (TPSA) is 41.8 Å². The minimum absolute atomic E-state index is 0.867. The van der Waals surface area contributed by atoms with Gasteiger partial charge in [-0.3, -0.25) is 0 Å². The summed E-state index contributed by atoms with van der Waals surface area (Å²) in [6.07, 6.45) is 1.68. The summed E-state index contributed by atoms with van der Waals surface area (Å²) in [5.41, 5.74) is 4.30. The van der Waals surface area contributed by atoms with Gasteiger partial charge in [0.25, 0.3) is 0 Å². The fraction of sp³-hybridized carbons (Fsp3) is 0.154. The molecule has 0 bridgehead atoms. The number of imidazole rings is 1. The summed E-state index contributed by atoms with van der Waals surface area (Å²) in [6, 6.07) is 8.12. The van der Waals surface area contributed by atoms with Gasteiger partial charge >= 0.3 is 0 Å². The van der Waals surface area contributed by atoms with E-state index in [1.165, 1.54) is 5.56 Å². The lowest BCUT2D eigenvalue weighted by Gasteiger charge is -1.91. The normalized spacial score (nSPS) is 11.1. The average Bonchev–Trinajstić information content (AvgIpc) is 2.82. The predicted octanol–water partition coefficient (Wildman–Crippen LogP) is 3.44. The van der Waals surface area contributed by atoms with Crippen molar-refractivity contribution in [2.45, 2.75) is 13.8 Å². The standard InChI is InChI=1S/C13H12N2O/c1-8-3-4-11-12(7-8)15-13(14-11)10-5-6-16-9(10)2/h3-7H,1-2H3,(H,14,15). The number of rotatable bonds is 1. The zero-order valence-corrected chi connectivity index (χ0v) is 9.24. The minimum atomic E-state index is 0.867. The molecule has 3 heteroatoms. The summed E-state index contributed by atoms with van der Waals surface area (Å²) in [6.45, 7) is 4.01. The molecule has 0 unspecified atom stereocenters. The Morgan fingerprint density at radius 3 is 2.81 bits per heavy atom. The molecule has 0 spiro atoms. The third-order valence-electron chi connectivity index (χ3n) is 2.75. The molecule has 1 aromatic carbocycles. The van der Waals surface area contributed by atoms with E-state index in [0.29, 0.717) is 0 Å². The van der Waals surface area contributed by atoms with Crippen molar-refractivity contribution in [3.8, 4) is 11.4 Å². The van der Waals surface area contributed by atoms with Crippen LogP contribution >= 0.6 is 0 Å². The quantitative estimate of drug-likeness (QED) is 0.671. The maximum atomic E-state index is 5.28. The number of H-pyrrole nitrogens is 1. The Morgan fingerprint density at radius 2 is 2.06 bits per heavy atom. The lowest BCUT2D eigenvalue weighted by Crippen LogP contribution is -1.78. The number of nitrogens with one attached hydrogen (secondary N) is 1. The second kappa shape index (κ2) is 3.23. The maximum Gasteiger partial charge on any atom is 0.142 e.